The summed E-state index contributed by atoms with van der Waals surface area (Å²) in [4.78, 5) is 28.0. The third-order valence-electron chi connectivity index (χ3n) is 5.02. The van der Waals surface area contributed by atoms with Gasteiger partial charge in [-0.2, -0.15) is 18.4 Å². The number of carbonyl (C=O) groups is 2. The van der Waals surface area contributed by atoms with Crippen LogP contribution in [0.5, 0.6) is 0 Å². The van der Waals surface area contributed by atoms with E-state index in [0.29, 0.717) is 16.5 Å². The van der Waals surface area contributed by atoms with Gasteiger partial charge in [-0.3, -0.25) is 4.79 Å². The zero-order valence-corrected chi connectivity index (χ0v) is 15.3. The lowest BCUT2D eigenvalue weighted by atomic mass is 9.85. The highest BCUT2D eigenvalue weighted by Gasteiger charge is 2.57. The summed E-state index contributed by atoms with van der Waals surface area (Å²) in [5, 5.41) is 18.5. The van der Waals surface area contributed by atoms with Gasteiger partial charge in [-0.05, 0) is 23.8 Å². The number of hydrogen-bond acceptors (Lipinski definition) is 4. The average Bonchev–Trinajstić information content (AvgIpc) is 2.89. The Morgan fingerprint density at radius 2 is 1.79 bits per heavy atom. The van der Waals surface area contributed by atoms with Crippen molar-refractivity contribution < 1.29 is 27.9 Å². The Morgan fingerprint density at radius 1 is 1.14 bits per heavy atom. The number of carbonyl (C=O) groups excluding carboxylic acids is 2. The third kappa shape index (κ3) is 3.11. The minimum Gasteiger partial charge on any atom is -0.396 e. The Balaban J connectivity index is 2.17. The first-order valence-electron chi connectivity index (χ1n) is 8.58. The first-order chi connectivity index (χ1) is 13.7. The summed E-state index contributed by atoms with van der Waals surface area (Å²) >= 11 is 0. The van der Waals surface area contributed by atoms with Crippen LogP contribution in [0.25, 0.3) is 0 Å². The van der Waals surface area contributed by atoms with E-state index in [1.54, 1.807) is 30.3 Å². The minimum absolute atomic E-state index is 0.128. The lowest BCUT2D eigenvalue weighted by Gasteiger charge is -2.32. The number of aliphatic hydroxyl groups is 1. The van der Waals surface area contributed by atoms with Gasteiger partial charge in [-0.15, -0.1) is 0 Å². The van der Waals surface area contributed by atoms with Gasteiger partial charge in [-0.25, -0.2) is 9.69 Å². The van der Waals surface area contributed by atoms with Gasteiger partial charge in [0.25, 0.3) is 5.91 Å². The lowest BCUT2D eigenvalue weighted by molar-refractivity contribution is -0.137. The molecule has 1 saturated heterocycles. The first kappa shape index (κ1) is 20.4. The second-order valence-electron chi connectivity index (χ2n) is 6.52. The highest BCUT2D eigenvalue weighted by atomic mass is 19.4. The van der Waals surface area contributed by atoms with Crippen molar-refractivity contribution in [2.24, 2.45) is 0 Å². The predicted octanol–water partition coefficient (Wildman–Crippen LogP) is 3.25. The van der Waals surface area contributed by atoms with E-state index in [-0.39, 0.29) is 12.1 Å². The molecule has 6 nitrogen and oxygen atoms in total. The van der Waals surface area contributed by atoms with Crippen LogP contribution in [-0.2, 0) is 16.5 Å². The summed E-state index contributed by atoms with van der Waals surface area (Å²) in [6.45, 7) is -0.423. The van der Waals surface area contributed by atoms with Gasteiger partial charge in [0.15, 0.2) is 5.54 Å². The zero-order chi connectivity index (χ0) is 21.4. The number of halogens is 3. The maximum atomic E-state index is 13.4. The Kier molecular flexibility index (Phi) is 5.07. The van der Waals surface area contributed by atoms with E-state index < -0.39 is 41.4 Å². The van der Waals surface area contributed by atoms with Crippen molar-refractivity contribution in [1.82, 2.24) is 4.90 Å². The van der Waals surface area contributed by atoms with Crippen molar-refractivity contribution >= 4 is 17.6 Å². The van der Waals surface area contributed by atoms with Crippen LogP contribution in [0.3, 0.4) is 0 Å². The number of likely N-dealkylation sites (N-methyl/N-ethyl adjacent to an activating group) is 1. The topological polar surface area (TPSA) is 84.6 Å². The second-order valence-corrected chi connectivity index (χ2v) is 6.52. The summed E-state index contributed by atoms with van der Waals surface area (Å²) in [5.74, 6) is -0.775. The lowest BCUT2D eigenvalue weighted by Crippen LogP contribution is -2.45. The molecule has 0 aliphatic carbocycles. The Morgan fingerprint density at radius 3 is 2.34 bits per heavy atom. The van der Waals surface area contributed by atoms with Crippen LogP contribution in [0.2, 0.25) is 0 Å². The van der Waals surface area contributed by atoms with Gasteiger partial charge in [0.1, 0.15) is 0 Å². The Hall–Kier alpha value is -3.38. The number of anilines is 1. The number of imide groups is 1. The first-order valence-corrected chi connectivity index (χ1v) is 8.58. The maximum absolute atomic E-state index is 13.4. The van der Waals surface area contributed by atoms with Crippen LogP contribution in [0.4, 0.5) is 23.7 Å². The van der Waals surface area contributed by atoms with Crippen molar-refractivity contribution in [2.75, 3.05) is 18.6 Å². The van der Waals surface area contributed by atoms with Crippen LogP contribution in [0.15, 0.2) is 48.5 Å². The molecule has 1 N–H and O–H groups in total. The molecular weight excluding hydrogens is 387 g/mol. The molecule has 29 heavy (non-hydrogen) atoms. The van der Waals surface area contributed by atoms with Crippen LogP contribution >= 0.6 is 0 Å². The second kappa shape index (κ2) is 7.22. The number of aliphatic hydroxyl groups excluding tert-OH is 1. The van der Waals surface area contributed by atoms with Crippen molar-refractivity contribution in [3.63, 3.8) is 0 Å². The van der Waals surface area contributed by atoms with E-state index >= 15 is 0 Å². The molecule has 1 fully saturated rings. The summed E-state index contributed by atoms with van der Waals surface area (Å²) in [6, 6.07) is 11.5. The normalized spacial score (nSPS) is 19.6. The van der Waals surface area contributed by atoms with Gasteiger partial charge in [0, 0.05) is 20.1 Å². The number of urea groups is 1. The molecule has 0 bridgehead atoms. The van der Waals surface area contributed by atoms with E-state index in [1.807, 2.05) is 0 Å². The summed E-state index contributed by atoms with van der Waals surface area (Å²) in [6.07, 6.45) is -4.96. The van der Waals surface area contributed by atoms with Crippen molar-refractivity contribution in [3.05, 3.63) is 65.2 Å². The molecule has 150 valence electrons. The number of alkyl halides is 3. The fraction of sp³-hybridized carbons (Fsp3) is 0.250. The molecule has 1 atom stereocenters. The fourth-order valence-corrected chi connectivity index (χ4v) is 3.57. The summed E-state index contributed by atoms with van der Waals surface area (Å²) < 4.78 is 40.0. The number of amides is 3. The molecule has 1 heterocycles. The van der Waals surface area contributed by atoms with Crippen molar-refractivity contribution in [2.45, 2.75) is 18.1 Å². The van der Waals surface area contributed by atoms with Crippen molar-refractivity contribution in [1.29, 1.82) is 5.26 Å². The highest BCUT2D eigenvalue weighted by Crippen LogP contribution is 2.42. The molecule has 9 heteroatoms. The number of nitrogens with zero attached hydrogens (tertiary/aromatic N) is 3. The molecule has 2 aromatic carbocycles. The monoisotopic (exact) mass is 403 g/mol. The van der Waals surface area contributed by atoms with Gasteiger partial charge in [-0.1, -0.05) is 30.3 Å². The third-order valence-corrected chi connectivity index (χ3v) is 5.02. The molecule has 0 aromatic heterocycles. The predicted molar refractivity (Wildman–Crippen MR) is 96.6 cm³/mol. The zero-order valence-electron chi connectivity index (χ0n) is 15.3. The van der Waals surface area contributed by atoms with E-state index in [0.717, 1.165) is 17.0 Å². The maximum Gasteiger partial charge on any atom is 0.417 e. The number of nitriles is 1. The molecule has 1 unspecified atom stereocenters. The number of benzene rings is 2. The molecule has 3 amide bonds. The molecule has 0 spiro atoms. The molecule has 1 aliphatic rings. The average molecular weight is 403 g/mol. The molecular formula is C20H16F3N3O3. The molecule has 2 aromatic rings. The summed E-state index contributed by atoms with van der Waals surface area (Å²) in [5.41, 5.74) is -3.27. The van der Waals surface area contributed by atoms with E-state index in [4.69, 9.17) is 5.26 Å². The van der Waals surface area contributed by atoms with Gasteiger partial charge < -0.3 is 10.0 Å². The Labute approximate surface area is 164 Å². The quantitative estimate of drug-likeness (QED) is 0.795. The summed E-state index contributed by atoms with van der Waals surface area (Å²) in [7, 11) is 1.36. The number of hydrogen-bond donors (Lipinski definition) is 1. The smallest absolute Gasteiger partial charge is 0.396 e. The fourth-order valence-electron chi connectivity index (χ4n) is 3.57. The van der Waals surface area contributed by atoms with Crippen LogP contribution in [0.1, 0.15) is 23.1 Å². The van der Waals surface area contributed by atoms with Crippen molar-refractivity contribution in [3.8, 4) is 6.07 Å². The minimum atomic E-state index is -4.83. The van der Waals surface area contributed by atoms with Gasteiger partial charge >= 0.3 is 12.2 Å². The van der Waals surface area contributed by atoms with Crippen LogP contribution < -0.4 is 4.90 Å². The SMILES string of the molecule is CN1C(=O)N(c2ccc(C#N)c(C(F)(F)F)c2)C(=O)C1(CCO)c1ccccc1. The Bertz CT molecular complexity index is 1000. The standard InChI is InChI=1S/C20H16F3N3O3/c1-25-18(29)26(15-8-7-13(12-24)16(11-15)20(21,22)23)17(28)19(25,9-10-27)14-5-3-2-4-6-14/h2-8,11,27H,9-10H2,1H3. The van der Waals surface area contributed by atoms with E-state index in [9.17, 15) is 27.9 Å². The largest absolute Gasteiger partial charge is 0.417 e. The van der Waals surface area contributed by atoms with Crippen LogP contribution in [0, 0.1) is 11.3 Å². The van der Waals surface area contributed by atoms with E-state index in [1.165, 1.54) is 13.1 Å². The molecule has 0 radical (unpaired) electrons. The highest BCUT2D eigenvalue weighted by molar-refractivity contribution is 6.23. The molecule has 3 rings (SSSR count). The van der Waals surface area contributed by atoms with Crippen LogP contribution in [-0.4, -0.2) is 35.6 Å². The van der Waals surface area contributed by atoms with E-state index in [2.05, 4.69) is 0 Å². The van der Waals surface area contributed by atoms with Gasteiger partial charge in [0.05, 0.1) is 22.9 Å². The molecule has 1 aliphatic heterocycles. The number of rotatable bonds is 4. The van der Waals surface area contributed by atoms with Gasteiger partial charge in [0.2, 0.25) is 0 Å². The molecule has 0 saturated carbocycles.